The van der Waals surface area contributed by atoms with Gasteiger partial charge in [0.1, 0.15) is 0 Å². The third-order valence-electron chi connectivity index (χ3n) is 3.76. The standard InChI is InChI=1S/C16H28OP.C5H5.Fe/c1-12(17-8)13-10-9-11-14(13)18(15(2,3)4)16(5,6)7;1-2-4-5-3-1;/h9-12H,1-8H3;1-5H;/q-1;-5;. The molecule has 0 fully saturated rings. The van der Waals surface area contributed by atoms with Gasteiger partial charge < -0.3 is 35.1 Å². The van der Waals surface area contributed by atoms with Gasteiger partial charge in [0, 0.05) is 30.3 Å². The van der Waals surface area contributed by atoms with Crippen LogP contribution in [0.4, 0.5) is 0 Å². The van der Waals surface area contributed by atoms with Crippen LogP contribution in [-0.2, 0) is 21.8 Å². The smallest absolute Gasteiger partial charge is 0.0359 e. The Labute approximate surface area is 161 Å². The van der Waals surface area contributed by atoms with Gasteiger partial charge in [0.05, 0.1) is 0 Å². The topological polar surface area (TPSA) is 9.23 Å². The van der Waals surface area contributed by atoms with Gasteiger partial charge in [-0.15, -0.1) is 10.9 Å². The average Bonchev–Trinajstić information content (AvgIpc) is 3.08. The van der Waals surface area contributed by atoms with Gasteiger partial charge in [-0.1, -0.05) is 49.5 Å². The molecular formula is C21H33FeOP-6. The SMILES string of the molecule is COC(C)[c-]1cccc1P(C(C)(C)C)C(C)(C)C.[Fe].[cH-]1[cH-][cH-][cH-][cH-]1. The zero-order valence-corrected chi connectivity index (χ0v) is 18.4. The Morgan fingerprint density at radius 3 is 1.71 bits per heavy atom. The van der Waals surface area contributed by atoms with Crippen molar-refractivity contribution in [2.75, 3.05) is 7.11 Å². The van der Waals surface area contributed by atoms with E-state index in [4.69, 9.17) is 4.74 Å². The molecule has 2 rings (SSSR count). The van der Waals surface area contributed by atoms with Crippen LogP contribution in [0.3, 0.4) is 0 Å². The molecule has 0 radical (unpaired) electrons. The molecule has 0 saturated carbocycles. The summed E-state index contributed by atoms with van der Waals surface area (Å²) in [6.07, 6.45) is 0.185. The Hall–Kier alpha value is -0.391. The van der Waals surface area contributed by atoms with Crippen LogP contribution in [0.1, 0.15) is 60.1 Å². The van der Waals surface area contributed by atoms with E-state index in [1.807, 2.05) is 30.3 Å². The molecule has 1 nitrogen and oxygen atoms in total. The van der Waals surface area contributed by atoms with Gasteiger partial charge in [-0.25, -0.2) is 12.1 Å². The molecule has 142 valence electrons. The number of hydrogen-bond donors (Lipinski definition) is 0. The Morgan fingerprint density at radius 1 is 0.958 bits per heavy atom. The van der Waals surface area contributed by atoms with Crippen LogP contribution < -0.4 is 5.30 Å². The summed E-state index contributed by atoms with van der Waals surface area (Å²) in [6, 6.07) is 16.7. The molecule has 2 aromatic rings. The Bertz CT molecular complexity index is 512. The van der Waals surface area contributed by atoms with E-state index < -0.39 is 0 Å². The largest absolute Gasteiger partial charge is 0.748 e. The van der Waals surface area contributed by atoms with Crippen molar-refractivity contribution in [1.29, 1.82) is 0 Å². The van der Waals surface area contributed by atoms with Crippen molar-refractivity contribution in [3.8, 4) is 0 Å². The van der Waals surface area contributed by atoms with E-state index in [1.54, 1.807) is 7.11 Å². The van der Waals surface area contributed by atoms with E-state index in [1.165, 1.54) is 10.9 Å². The third kappa shape index (κ3) is 6.85. The fourth-order valence-electron chi connectivity index (χ4n) is 3.15. The number of hydrogen-bond acceptors (Lipinski definition) is 1. The van der Waals surface area contributed by atoms with Gasteiger partial charge in [-0.3, -0.25) is 0 Å². The average molecular weight is 388 g/mol. The Balaban J connectivity index is 0.000000751. The molecule has 0 aromatic heterocycles. The van der Waals surface area contributed by atoms with E-state index >= 15 is 0 Å². The van der Waals surface area contributed by atoms with Crippen molar-refractivity contribution in [3.05, 3.63) is 54.1 Å². The molecule has 0 saturated heterocycles. The van der Waals surface area contributed by atoms with Gasteiger partial charge in [-0.2, -0.15) is 6.07 Å². The van der Waals surface area contributed by atoms with Gasteiger partial charge in [0.15, 0.2) is 0 Å². The van der Waals surface area contributed by atoms with Crippen LogP contribution in [0.2, 0.25) is 0 Å². The predicted molar refractivity (Wildman–Crippen MR) is 106 cm³/mol. The van der Waals surface area contributed by atoms with Gasteiger partial charge in [-0.05, 0) is 17.2 Å². The summed E-state index contributed by atoms with van der Waals surface area (Å²) in [5.74, 6) is 0. The Kier molecular flexibility index (Phi) is 9.77. The minimum absolute atomic E-state index is 0. The second-order valence-corrected chi connectivity index (χ2v) is 11.7. The first-order valence-electron chi connectivity index (χ1n) is 8.34. The molecule has 0 heterocycles. The fraction of sp³-hybridized carbons (Fsp3) is 0.524. The van der Waals surface area contributed by atoms with Gasteiger partial charge in [0.2, 0.25) is 0 Å². The minimum Gasteiger partial charge on any atom is -0.748 e. The summed E-state index contributed by atoms with van der Waals surface area (Å²) in [7, 11) is 1.55. The van der Waals surface area contributed by atoms with E-state index in [0.29, 0.717) is 10.3 Å². The first-order valence-corrected chi connectivity index (χ1v) is 9.68. The zero-order valence-electron chi connectivity index (χ0n) is 16.4. The molecular weight excluding hydrogens is 355 g/mol. The van der Waals surface area contributed by atoms with Crippen LogP contribution in [-0.4, -0.2) is 17.4 Å². The molecule has 0 aliphatic heterocycles. The Morgan fingerprint density at radius 2 is 1.38 bits per heavy atom. The van der Waals surface area contributed by atoms with Crippen molar-refractivity contribution in [2.45, 2.75) is 64.9 Å². The summed E-state index contributed by atoms with van der Waals surface area (Å²) in [5.41, 5.74) is 1.37. The maximum atomic E-state index is 5.52. The summed E-state index contributed by atoms with van der Waals surface area (Å²) >= 11 is 0. The van der Waals surface area contributed by atoms with E-state index in [9.17, 15) is 0 Å². The number of rotatable bonds is 3. The molecule has 1 unspecified atom stereocenters. The summed E-state index contributed by atoms with van der Waals surface area (Å²) in [4.78, 5) is 0. The van der Waals surface area contributed by atoms with E-state index in [0.717, 1.165) is 0 Å². The molecule has 3 heteroatoms. The second-order valence-electron chi connectivity index (χ2n) is 7.88. The summed E-state index contributed by atoms with van der Waals surface area (Å²) in [5, 5.41) is 2.13. The van der Waals surface area contributed by atoms with Crippen molar-refractivity contribution in [3.63, 3.8) is 0 Å². The van der Waals surface area contributed by atoms with E-state index in [-0.39, 0.29) is 31.1 Å². The van der Waals surface area contributed by atoms with Crippen molar-refractivity contribution >= 4 is 13.2 Å². The molecule has 0 aliphatic rings. The molecule has 0 amide bonds. The van der Waals surface area contributed by atoms with Crippen molar-refractivity contribution in [1.82, 2.24) is 0 Å². The van der Waals surface area contributed by atoms with Crippen LogP contribution >= 0.6 is 7.92 Å². The molecule has 0 N–H and O–H groups in total. The minimum atomic E-state index is -0.240. The molecule has 0 spiro atoms. The molecule has 2 aromatic carbocycles. The predicted octanol–water partition coefficient (Wildman–Crippen LogP) is 6.22. The maximum absolute atomic E-state index is 5.52. The van der Waals surface area contributed by atoms with Gasteiger partial charge >= 0.3 is 0 Å². The zero-order chi connectivity index (χ0) is 17.7. The first kappa shape index (κ1) is 23.6. The van der Waals surface area contributed by atoms with Gasteiger partial charge in [0.25, 0.3) is 0 Å². The number of ether oxygens (including phenoxy) is 1. The van der Waals surface area contributed by atoms with Crippen LogP contribution in [0.25, 0.3) is 0 Å². The van der Waals surface area contributed by atoms with Crippen molar-refractivity contribution < 1.29 is 21.8 Å². The van der Waals surface area contributed by atoms with Crippen molar-refractivity contribution in [2.24, 2.45) is 0 Å². The maximum Gasteiger partial charge on any atom is 0.0359 e. The quantitative estimate of drug-likeness (QED) is 0.345. The molecule has 24 heavy (non-hydrogen) atoms. The molecule has 0 bridgehead atoms. The van der Waals surface area contributed by atoms with Crippen LogP contribution in [0.15, 0.2) is 48.5 Å². The molecule has 1 atom stereocenters. The van der Waals surface area contributed by atoms with Crippen LogP contribution in [0.5, 0.6) is 0 Å². The fourth-order valence-corrected chi connectivity index (χ4v) is 7.36. The normalized spacial score (nSPS) is 13.0. The molecule has 0 aliphatic carbocycles. The first-order chi connectivity index (χ1) is 10.6. The number of methoxy groups -OCH3 is 1. The second kappa shape index (κ2) is 9.93. The monoisotopic (exact) mass is 388 g/mol. The summed E-state index contributed by atoms with van der Waals surface area (Å²) < 4.78 is 5.52. The van der Waals surface area contributed by atoms with E-state index in [2.05, 4.69) is 66.7 Å². The third-order valence-corrected chi connectivity index (χ3v) is 7.33. The summed E-state index contributed by atoms with van der Waals surface area (Å²) in [6.45, 7) is 16.3. The van der Waals surface area contributed by atoms with Crippen LogP contribution in [0, 0.1) is 0 Å².